The van der Waals surface area contributed by atoms with Gasteiger partial charge in [-0.15, -0.1) is 0 Å². The summed E-state index contributed by atoms with van der Waals surface area (Å²) in [6.07, 6.45) is 3.58. The summed E-state index contributed by atoms with van der Waals surface area (Å²) in [5.41, 5.74) is 1.45. The molecule has 3 rings (SSSR count). The van der Waals surface area contributed by atoms with Gasteiger partial charge in [-0.05, 0) is 38.8 Å². The lowest BCUT2D eigenvalue weighted by Gasteiger charge is -2.35. The maximum absolute atomic E-state index is 12.5. The van der Waals surface area contributed by atoms with Crippen LogP contribution in [0.1, 0.15) is 37.0 Å². The monoisotopic (exact) mass is 272 g/mol. The number of nitrogens with one attached hydrogen (secondary N) is 2. The molecule has 20 heavy (non-hydrogen) atoms. The molecule has 1 aromatic heterocycles. The number of carbonyl (C=O) groups excluding carboxylic acids is 1. The minimum absolute atomic E-state index is 0.0132. The normalized spacial score (nSPS) is 21.8. The van der Waals surface area contributed by atoms with E-state index in [2.05, 4.69) is 24.1 Å². The van der Waals surface area contributed by atoms with Gasteiger partial charge >= 0.3 is 0 Å². The van der Waals surface area contributed by atoms with Crippen LogP contribution < -0.4 is 5.32 Å². The molecule has 1 saturated heterocycles. The highest BCUT2D eigenvalue weighted by Crippen LogP contribution is 2.24. The van der Waals surface area contributed by atoms with Gasteiger partial charge in [0.05, 0.1) is 16.7 Å². The molecule has 1 aliphatic rings. The smallest absolute Gasteiger partial charge is 0.253 e. The Bertz CT molecular complexity index is 630. The fourth-order valence-corrected chi connectivity index (χ4v) is 2.89. The maximum Gasteiger partial charge on any atom is 0.253 e. The number of aromatic amines is 1. The Morgan fingerprint density at radius 3 is 3.05 bits per heavy atom. The molecule has 1 aromatic carbocycles. The van der Waals surface area contributed by atoms with Crippen molar-refractivity contribution < 1.29 is 9.53 Å². The van der Waals surface area contributed by atoms with Crippen LogP contribution in [0.15, 0.2) is 30.5 Å². The Kier molecular flexibility index (Phi) is 3.26. The molecule has 0 spiro atoms. The summed E-state index contributed by atoms with van der Waals surface area (Å²) in [5, 5.41) is 4.19. The molecule has 1 aliphatic heterocycles. The third-order valence-corrected chi connectivity index (χ3v) is 3.86. The second-order valence-corrected chi connectivity index (χ2v) is 6.02. The van der Waals surface area contributed by atoms with Gasteiger partial charge in [0.1, 0.15) is 0 Å². The summed E-state index contributed by atoms with van der Waals surface area (Å²) in [7, 11) is 0. The zero-order valence-corrected chi connectivity index (χ0v) is 11.9. The molecule has 0 bridgehead atoms. The number of hydrogen-bond acceptors (Lipinski definition) is 2. The Balaban J connectivity index is 1.78. The van der Waals surface area contributed by atoms with Crippen molar-refractivity contribution in [2.24, 2.45) is 0 Å². The molecule has 0 radical (unpaired) electrons. The first kappa shape index (κ1) is 13.2. The van der Waals surface area contributed by atoms with Crippen molar-refractivity contribution in [3.8, 4) is 0 Å². The van der Waals surface area contributed by atoms with Crippen molar-refractivity contribution in [2.75, 3.05) is 6.61 Å². The molecule has 2 N–H and O–H groups in total. The van der Waals surface area contributed by atoms with Gasteiger partial charge in [0.2, 0.25) is 0 Å². The molecule has 4 nitrogen and oxygen atoms in total. The van der Waals surface area contributed by atoms with E-state index in [1.54, 1.807) is 0 Å². The molecule has 4 heteroatoms. The first-order valence-electron chi connectivity index (χ1n) is 7.06. The first-order chi connectivity index (χ1) is 9.55. The summed E-state index contributed by atoms with van der Waals surface area (Å²) >= 11 is 0. The lowest BCUT2D eigenvalue weighted by Crippen LogP contribution is -2.45. The van der Waals surface area contributed by atoms with E-state index in [9.17, 15) is 4.79 Å². The number of ether oxygens (including phenoxy) is 1. The van der Waals surface area contributed by atoms with Crippen LogP contribution in [0.5, 0.6) is 0 Å². The predicted octanol–water partition coefficient (Wildman–Crippen LogP) is 2.86. The summed E-state index contributed by atoms with van der Waals surface area (Å²) in [6.45, 7) is 4.83. The number of aromatic nitrogens is 1. The molecule has 1 amide bonds. The highest BCUT2D eigenvalue weighted by Gasteiger charge is 2.30. The summed E-state index contributed by atoms with van der Waals surface area (Å²) in [5.74, 6) is -0.0132. The molecule has 2 heterocycles. The van der Waals surface area contributed by atoms with Gasteiger partial charge in [0, 0.05) is 24.2 Å². The quantitative estimate of drug-likeness (QED) is 0.883. The van der Waals surface area contributed by atoms with Gasteiger partial charge in [-0.2, -0.15) is 0 Å². The van der Waals surface area contributed by atoms with E-state index < -0.39 is 0 Å². The van der Waals surface area contributed by atoms with Crippen molar-refractivity contribution in [2.45, 2.75) is 38.3 Å². The fourth-order valence-electron chi connectivity index (χ4n) is 2.89. The van der Waals surface area contributed by atoms with Gasteiger partial charge in [-0.25, -0.2) is 0 Å². The number of fused-ring (bicyclic) bond motifs is 1. The Morgan fingerprint density at radius 2 is 2.25 bits per heavy atom. The molecule has 0 saturated carbocycles. The van der Waals surface area contributed by atoms with Crippen molar-refractivity contribution >= 4 is 16.8 Å². The van der Waals surface area contributed by atoms with Crippen LogP contribution in [0.2, 0.25) is 0 Å². The van der Waals surface area contributed by atoms with Crippen LogP contribution in [0, 0.1) is 0 Å². The third-order valence-electron chi connectivity index (χ3n) is 3.86. The number of para-hydroxylation sites is 1. The zero-order chi connectivity index (χ0) is 14.2. The number of carbonyl (C=O) groups is 1. The number of hydrogen-bond donors (Lipinski definition) is 2. The van der Waals surface area contributed by atoms with Crippen molar-refractivity contribution in [3.05, 3.63) is 36.0 Å². The number of benzene rings is 1. The van der Waals surface area contributed by atoms with Gasteiger partial charge in [-0.1, -0.05) is 12.1 Å². The van der Waals surface area contributed by atoms with Crippen molar-refractivity contribution in [1.82, 2.24) is 10.3 Å². The average molecular weight is 272 g/mol. The van der Waals surface area contributed by atoms with E-state index in [1.807, 2.05) is 30.5 Å². The van der Waals surface area contributed by atoms with E-state index >= 15 is 0 Å². The van der Waals surface area contributed by atoms with Gasteiger partial charge in [-0.3, -0.25) is 4.79 Å². The molecule has 1 atom stereocenters. The van der Waals surface area contributed by atoms with Crippen LogP contribution in [0.25, 0.3) is 10.9 Å². The lowest BCUT2D eigenvalue weighted by molar-refractivity contribution is -0.0615. The minimum Gasteiger partial charge on any atom is -0.375 e. The van der Waals surface area contributed by atoms with Crippen LogP contribution >= 0.6 is 0 Å². The number of H-pyrrole nitrogens is 1. The third kappa shape index (κ3) is 2.56. The Morgan fingerprint density at radius 1 is 1.40 bits per heavy atom. The van der Waals surface area contributed by atoms with Gasteiger partial charge in [0.25, 0.3) is 5.91 Å². The van der Waals surface area contributed by atoms with E-state index in [0.717, 1.165) is 23.7 Å². The van der Waals surface area contributed by atoms with Crippen molar-refractivity contribution in [1.29, 1.82) is 0 Å². The second-order valence-electron chi connectivity index (χ2n) is 6.02. The highest BCUT2D eigenvalue weighted by molar-refractivity contribution is 6.05. The molecular weight excluding hydrogens is 252 g/mol. The Hall–Kier alpha value is -1.81. The average Bonchev–Trinajstić information content (AvgIpc) is 2.85. The predicted molar refractivity (Wildman–Crippen MR) is 78.8 cm³/mol. The maximum atomic E-state index is 12.5. The van der Waals surface area contributed by atoms with E-state index in [4.69, 9.17) is 4.74 Å². The Labute approximate surface area is 118 Å². The molecule has 1 fully saturated rings. The standard InChI is InChI=1S/C16H20N2O2/c1-16(2)10-12(7-9-20-16)18-15(19)13-5-3-4-11-6-8-17-14(11)13/h3-6,8,12,17H,7,9-10H2,1-2H3,(H,18,19). The van der Waals surface area contributed by atoms with Crippen LogP contribution in [-0.2, 0) is 4.74 Å². The van der Waals surface area contributed by atoms with E-state index in [-0.39, 0.29) is 17.6 Å². The summed E-state index contributed by atoms with van der Waals surface area (Å²) in [6, 6.07) is 7.93. The van der Waals surface area contributed by atoms with E-state index in [1.165, 1.54) is 0 Å². The fraction of sp³-hybridized carbons (Fsp3) is 0.438. The van der Waals surface area contributed by atoms with Crippen molar-refractivity contribution in [3.63, 3.8) is 0 Å². The van der Waals surface area contributed by atoms with Gasteiger partial charge < -0.3 is 15.0 Å². The highest BCUT2D eigenvalue weighted by atomic mass is 16.5. The van der Waals surface area contributed by atoms with E-state index in [0.29, 0.717) is 12.2 Å². The van der Waals surface area contributed by atoms with Crippen LogP contribution in [0.4, 0.5) is 0 Å². The number of rotatable bonds is 2. The van der Waals surface area contributed by atoms with Crippen LogP contribution in [0.3, 0.4) is 0 Å². The minimum atomic E-state index is -0.158. The summed E-state index contributed by atoms with van der Waals surface area (Å²) < 4.78 is 5.68. The molecule has 2 aromatic rings. The molecule has 1 unspecified atom stereocenters. The topological polar surface area (TPSA) is 54.1 Å². The SMILES string of the molecule is CC1(C)CC(NC(=O)c2cccc3cc[nH]c23)CCO1. The van der Waals surface area contributed by atoms with Gasteiger partial charge in [0.15, 0.2) is 0 Å². The molecule has 106 valence electrons. The van der Waals surface area contributed by atoms with Crippen LogP contribution in [-0.4, -0.2) is 29.1 Å². The zero-order valence-electron chi connectivity index (χ0n) is 11.9. The lowest BCUT2D eigenvalue weighted by atomic mass is 9.93. The first-order valence-corrected chi connectivity index (χ1v) is 7.06. The summed E-state index contributed by atoms with van der Waals surface area (Å²) in [4.78, 5) is 15.6. The largest absolute Gasteiger partial charge is 0.375 e. The molecule has 0 aliphatic carbocycles. The number of amides is 1. The molecular formula is C16H20N2O2. The second kappa shape index (κ2) is 4.94.